The fourth-order valence-electron chi connectivity index (χ4n) is 3.93. The molecule has 2 aromatic carbocycles. The van der Waals surface area contributed by atoms with Crippen molar-refractivity contribution in [2.24, 2.45) is 0 Å². The SMILES string of the molecule is Cc1cc(COc2ccc([C@H]3CCN([C@@H](O)C(=O)NO)C3=O)cc2)c2ccccc2n1. The van der Waals surface area contributed by atoms with Crippen LogP contribution in [-0.2, 0) is 16.2 Å². The first-order valence-corrected chi connectivity index (χ1v) is 9.98. The highest BCUT2D eigenvalue weighted by Crippen LogP contribution is 2.31. The van der Waals surface area contributed by atoms with Crippen LogP contribution in [0.5, 0.6) is 5.75 Å². The summed E-state index contributed by atoms with van der Waals surface area (Å²) in [4.78, 5) is 29.6. The third-order valence-electron chi connectivity index (χ3n) is 5.49. The summed E-state index contributed by atoms with van der Waals surface area (Å²) >= 11 is 0. The average Bonchev–Trinajstić information content (AvgIpc) is 3.17. The van der Waals surface area contributed by atoms with Crippen molar-refractivity contribution in [3.8, 4) is 5.75 Å². The number of fused-ring (bicyclic) bond motifs is 1. The van der Waals surface area contributed by atoms with E-state index < -0.39 is 18.1 Å². The standard InChI is InChI=1S/C23H23N3O5/c1-14-12-16(18-4-2-3-5-20(18)24-14)13-31-17-8-6-15(7-9-17)19-10-11-26(22(19)28)23(29)21(27)25-30/h2-9,12,19,23,29-30H,10-11,13H2,1H3,(H,25,27)/t19-,23+/m1/s1. The third-order valence-corrected chi connectivity index (χ3v) is 5.49. The molecule has 0 unspecified atom stereocenters. The van der Waals surface area contributed by atoms with Gasteiger partial charge in [-0.15, -0.1) is 0 Å². The van der Waals surface area contributed by atoms with Crippen molar-refractivity contribution in [1.29, 1.82) is 0 Å². The van der Waals surface area contributed by atoms with Gasteiger partial charge in [-0.05, 0) is 43.2 Å². The molecule has 1 aliphatic heterocycles. The number of hydrogen-bond acceptors (Lipinski definition) is 6. The van der Waals surface area contributed by atoms with E-state index in [9.17, 15) is 14.7 Å². The number of pyridine rings is 1. The second-order valence-corrected chi connectivity index (χ2v) is 7.52. The van der Waals surface area contributed by atoms with Gasteiger partial charge in [-0.25, -0.2) is 5.48 Å². The Balaban J connectivity index is 1.44. The first kappa shape index (κ1) is 20.8. The van der Waals surface area contributed by atoms with Crippen molar-refractivity contribution in [3.05, 3.63) is 71.4 Å². The zero-order valence-electron chi connectivity index (χ0n) is 17.0. The Hall–Kier alpha value is -3.49. The molecule has 1 aliphatic rings. The minimum Gasteiger partial charge on any atom is -0.489 e. The second-order valence-electron chi connectivity index (χ2n) is 7.52. The highest BCUT2D eigenvalue weighted by Gasteiger charge is 2.38. The molecule has 1 fully saturated rings. The van der Waals surface area contributed by atoms with Crippen molar-refractivity contribution in [1.82, 2.24) is 15.4 Å². The molecule has 8 nitrogen and oxygen atoms in total. The number of benzene rings is 2. The van der Waals surface area contributed by atoms with Crippen LogP contribution in [0.2, 0.25) is 0 Å². The van der Waals surface area contributed by atoms with E-state index in [0.717, 1.165) is 32.6 Å². The van der Waals surface area contributed by atoms with Gasteiger partial charge in [-0.3, -0.25) is 19.8 Å². The number of amides is 2. The van der Waals surface area contributed by atoms with Crippen molar-refractivity contribution in [3.63, 3.8) is 0 Å². The van der Waals surface area contributed by atoms with E-state index in [1.165, 1.54) is 5.48 Å². The van der Waals surface area contributed by atoms with Crippen LogP contribution >= 0.6 is 0 Å². The van der Waals surface area contributed by atoms with Gasteiger partial charge in [-0.2, -0.15) is 0 Å². The summed E-state index contributed by atoms with van der Waals surface area (Å²) in [6.07, 6.45) is -1.24. The number of hydrogen-bond donors (Lipinski definition) is 3. The number of aliphatic hydroxyl groups excluding tert-OH is 1. The molecule has 0 aliphatic carbocycles. The molecule has 3 N–H and O–H groups in total. The average molecular weight is 421 g/mol. The summed E-state index contributed by atoms with van der Waals surface area (Å²) in [6, 6.07) is 17.2. The molecule has 31 heavy (non-hydrogen) atoms. The molecule has 4 rings (SSSR count). The Morgan fingerprint density at radius 2 is 2.00 bits per heavy atom. The van der Waals surface area contributed by atoms with E-state index in [0.29, 0.717) is 18.8 Å². The summed E-state index contributed by atoms with van der Waals surface area (Å²) < 4.78 is 5.96. The fraction of sp³-hybridized carbons (Fsp3) is 0.261. The molecule has 2 atom stereocenters. The summed E-state index contributed by atoms with van der Waals surface area (Å²) in [7, 11) is 0. The lowest BCUT2D eigenvalue weighted by molar-refractivity contribution is -0.155. The number of carbonyl (C=O) groups excluding carboxylic acids is 2. The van der Waals surface area contributed by atoms with Crippen molar-refractivity contribution < 1.29 is 24.6 Å². The summed E-state index contributed by atoms with van der Waals surface area (Å²) in [6.45, 7) is 2.57. The number of hydroxylamine groups is 1. The largest absolute Gasteiger partial charge is 0.489 e. The van der Waals surface area contributed by atoms with Crippen LogP contribution in [0.1, 0.15) is 29.2 Å². The van der Waals surface area contributed by atoms with E-state index in [2.05, 4.69) is 4.98 Å². The van der Waals surface area contributed by atoms with Gasteiger partial charge in [0.15, 0.2) is 0 Å². The monoisotopic (exact) mass is 421 g/mol. The Morgan fingerprint density at radius 1 is 1.26 bits per heavy atom. The fourth-order valence-corrected chi connectivity index (χ4v) is 3.93. The summed E-state index contributed by atoms with van der Waals surface area (Å²) in [5.74, 6) is -1.17. The van der Waals surface area contributed by atoms with Crippen LogP contribution in [-0.4, -0.2) is 44.8 Å². The van der Waals surface area contributed by atoms with Gasteiger partial charge in [0.2, 0.25) is 12.1 Å². The van der Waals surface area contributed by atoms with Crippen LogP contribution in [0.4, 0.5) is 0 Å². The van der Waals surface area contributed by atoms with Gasteiger partial charge in [0.05, 0.1) is 11.4 Å². The Kier molecular flexibility index (Phi) is 5.83. The molecule has 1 aromatic heterocycles. The molecule has 0 spiro atoms. The van der Waals surface area contributed by atoms with Crippen molar-refractivity contribution >= 4 is 22.7 Å². The van der Waals surface area contributed by atoms with E-state index in [1.54, 1.807) is 12.1 Å². The molecule has 2 amide bonds. The van der Waals surface area contributed by atoms with Crippen molar-refractivity contribution in [2.45, 2.75) is 32.1 Å². The molecule has 1 saturated heterocycles. The lowest BCUT2D eigenvalue weighted by atomic mass is 9.98. The van der Waals surface area contributed by atoms with E-state index >= 15 is 0 Å². The molecule has 3 aromatic rings. The normalized spacial score (nSPS) is 17.1. The van der Waals surface area contributed by atoms with Gasteiger partial charge >= 0.3 is 0 Å². The molecular weight excluding hydrogens is 398 g/mol. The molecule has 0 bridgehead atoms. The Labute approximate surface area is 179 Å². The number of likely N-dealkylation sites (tertiary alicyclic amines) is 1. The zero-order valence-corrected chi connectivity index (χ0v) is 17.0. The molecule has 0 radical (unpaired) electrons. The van der Waals surface area contributed by atoms with Crippen molar-refractivity contribution in [2.75, 3.05) is 6.54 Å². The third kappa shape index (κ3) is 4.21. The van der Waals surface area contributed by atoms with Crippen LogP contribution < -0.4 is 10.2 Å². The minimum absolute atomic E-state index is 0.227. The number of aliphatic hydroxyl groups is 1. The second kappa shape index (κ2) is 8.71. The molecule has 0 saturated carbocycles. The lowest BCUT2D eigenvalue weighted by Gasteiger charge is -2.21. The van der Waals surface area contributed by atoms with E-state index in [-0.39, 0.29) is 12.5 Å². The van der Waals surface area contributed by atoms with Gasteiger partial charge < -0.3 is 14.7 Å². The Bertz CT molecular complexity index is 1120. The lowest BCUT2D eigenvalue weighted by Crippen LogP contribution is -2.47. The summed E-state index contributed by atoms with van der Waals surface area (Å²) in [5, 5.41) is 19.6. The Morgan fingerprint density at radius 3 is 2.74 bits per heavy atom. The number of ether oxygens (including phenoxy) is 1. The minimum atomic E-state index is -1.70. The van der Waals surface area contributed by atoms with E-state index in [4.69, 9.17) is 9.94 Å². The van der Waals surface area contributed by atoms with Gasteiger partial charge in [0.1, 0.15) is 12.4 Å². The number of aryl methyl sites for hydroxylation is 1. The van der Waals surface area contributed by atoms with Gasteiger partial charge in [-0.1, -0.05) is 30.3 Å². The number of rotatable bonds is 6. The number of aromatic nitrogens is 1. The maximum absolute atomic E-state index is 12.6. The predicted molar refractivity (Wildman–Crippen MR) is 112 cm³/mol. The molecule has 2 heterocycles. The maximum Gasteiger partial charge on any atom is 0.293 e. The smallest absolute Gasteiger partial charge is 0.293 e. The predicted octanol–water partition coefficient (Wildman–Crippen LogP) is 2.26. The quantitative estimate of drug-likeness (QED) is 0.416. The highest BCUT2D eigenvalue weighted by atomic mass is 16.5. The zero-order chi connectivity index (χ0) is 22.0. The highest BCUT2D eigenvalue weighted by molar-refractivity contribution is 5.90. The number of nitrogens with one attached hydrogen (secondary N) is 1. The van der Waals surface area contributed by atoms with Gasteiger partial charge in [0.25, 0.3) is 5.91 Å². The molecule has 160 valence electrons. The van der Waals surface area contributed by atoms with Gasteiger partial charge in [0, 0.05) is 23.2 Å². The number of carbonyl (C=O) groups is 2. The molecule has 8 heteroatoms. The first-order chi connectivity index (χ1) is 15.0. The van der Waals surface area contributed by atoms with Crippen LogP contribution in [0.15, 0.2) is 54.6 Å². The summed E-state index contributed by atoms with van der Waals surface area (Å²) in [5.41, 5.74) is 5.04. The number of para-hydroxylation sites is 1. The van der Waals surface area contributed by atoms with Crippen LogP contribution in [0.25, 0.3) is 10.9 Å². The maximum atomic E-state index is 12.6. The van der Waals surface area contributed by atoms with Crippen LogP contribution in [0, 0.1) is 6.92 Å². The van der Waals surface area contributed by atoms with E-state index in [1.807, 2.05) is 49.4 Å². The topological polar surface area (TPSA) is 112 Å². The molecular formula is C23H23N3O5. The number of nitrogens with zero attached hydrogens (tertiary/aromatic N) is 2. The van der Waals surface area contributed by atoms with Crippen LogP contribution in [0.3, 0.4) is 0 Å². The first-order valence-electron chi connectivity index (χ1n) is 9.98.